The fourth-order valence-electron chi connectivity index (χ4n) is 3.69. The average molecular weight is 386 g/mol. The maximum Gasteiger partial charge on any atom is 0.317 e. The molecule has 1 saturated carbocycles. The Hall–Kier alpha value is -2.57. The lowest BCUT2D eigenvalue weighted by atomic mass is 9.96. The van der Waals surface area contributed by atoms with Gasteiger partial charge in [-0.25, -0.2) is 9.78 Å². The van der Waals surface area contributed by atoms with Crippen LogP contribution in [0.2, 0.25) is 0 Å². The molecular weight excluding hydrogens is 354 g/mol. The summed E-state index contributed by atoms with van der Waals surface area (Å²) in [5.41, 5.74) is 2.29. The van der Waals surface area contributed by atoms with E-state index >= 15 is 0 Å². The SMILES string of the molecule is CC(C)NC(=O)c1ccc2c(c1)nc(CN(C)C(=O)NC1CCCCC1)n2C. The molecule has 2 aromatic rings. The summed E-state index contributed by atoms with van der Waals surface area (Å²) >= 11 is 0. The third-order valence-corrected chi connectivity index (χ3v) is 5.31. The van der Waals surface area contributed by atoms with E-state index in [1.807, 2.05) is 37.6 Å². The van der Waals surface area contributed by atoms with Crippen molar-refractivity contribution in [3.8, 4) is 0 Å². The molecule has 3 amide bonds. The zero-order chi connectivity index (χ0) is 20.3. The normalized spacial score (nSPS) is 15.0. The maximum absolute atomic E-state index is 12.5. The number of nitrogens with zero attached hydrogens (tertiary/aromatic N) is 3. The molecule has 28 heavy (non-hydrogen) atoms. The highest BCUT2D eigenvalue weighted by Crippen LogP contribution is 2.19. The van der Waals surface area contributed by atoms with Crippen LogP contribution in [0.3, 0.4) is 0 Å². The van der Waals surface area contributed by atoms with Crippen LogP contribution in [0.15, 0.2) is 18.2 Å². The van der Waals surface area contributed by atoms with Gasteiger partial charge in [-0.3, -0.25) is 4.79 Å². The molecule has 3 rings (SSSR count). The van der Waals surface area contributed by atoms with Gasteiger partial charge in [0.15, 0.2) is 0 Å². The average Bonchev–Trinajstić information content (AvgIpc) is 2.97. The largest absolute Gasteiger partial charge is 0.350 e. The molecule has 1 fully saturated rings. The van der Waals surface area contributed by atoms with Crippen LogP contribution in [0.5, 0.6) is 0 Å². The fourth-order valence-corrected chi connectivity index (χ4v) is 3.69. The molecule has 0 atom stereocenters. The molecule has 0 radical (unpaired) electrons. The first kappa shape index (κ1) is 20.2. The van der Waals surface area contributed by atoms with Crippen molar-refractivity contribution in [3.63, 3.8) is 0 Å². The number of rotatable bonds is 5. The monoisotopic (exact) mass is 385 g/mol. The van der Waals surface area contributed by atoms with E-state index in [1.54, 1.807) is 18.0 Å². The smallest absolute Gasteiger partial charge is 0.317 e. The van der Waals surface area contributed by atoms with Crippen LogP contribution in [0.1, 0.15) is 62.1 Å². The van der Waals surface area contributed by atoms with Crippen molar-refractivity contribution in [1.29, 1.82) is 0 Å². The number of amides is 3. The molecule has 1 aliphatic carbocycles. The molecule has 1 aromatic heterocycles. The highest BCUT2D eigenvalue weighted by Gasteiger charge is 2.20. The van der Waals surface area contributed by atoms with Crippen molar-refractivity contribution in [2.24, 2.45) is 7.05 Å². The molecule has 2 N–H and O–H groups in total. The Kier molecular flexibility index (Phi) is 6.21. The van der Waals surface area contributed by atoms with Crippen molar-refractivity contribution < 1.29 is 9.59 Å². The van der Waals surface area contributed by atoms with Gasteiger partial charge >= 0.3 is 6.03 Å². The van der Waals surface area contributed by atoms with E-state index in [1.165, 1.54) is 19.3 Å². The number of hydrogen-bond donors (Lipinski definition) is 2. The lowest BCUT2D eigenvalue weighted by Gasteiger charge is -2.26. The Morgan fingerprint density at radius 1 is 1.25 bits per heavy atom. The van der Waals surface area contributed by atoms with Gasteiger partial charge in [-0.15, -0.1) is 0 Å². The minimum absolute atomic E-state index is 0.0593. The predicted octanol–water partition coefficient (Wildman–Crippen LogP) is 3.19. The summed E-state index contributed by atoms with van der Waals surface area (Å²) in [4.78, 5) is 31.1. The van der Waals surface area contributed by atoms with Gasteiger partial charge in [-0.2, -0.15) is 0 Å². The number of carbonyl (C=O) groups excluding carboxylic acids is 2. The van der Waals surface area contributed by atoms with E-state index in [-0.39, 0.29) is 24.0 Å². The first-order chi connectivity index (χ1) is 13.3. The van der Waals surface area contributed by atoms with E-state index in [0.717, 1.165) is 29.7 Å². The Labute approximate surface area is 166 Å². The van der Waals surface area contributed by atoms with Crippen LogP contribution in [-0.2, 0) is 13.6 Å². The van der Waals surface area contributed by atoms with E-state index in [2.05, 4.69) is 15.6 Å². The highest BCUT2D eigenvalue weighted by atomic mass is 16.2. The zero-order valence-corrected chi connectivity index (χ0v) is 17.3. The molecular formula is C21H31N5O2. The molecule has 0 bridgehead atoms. The molecule has 0 spiro atoms. The van der Waals surface area contributed by atoms with Gasteiger partial charge in [0.2, 0.25) is 0 Å². The van der Waals surface area contributed by atoms with Gasteiger partial charge in [0.05, 0.1) is 17.6 Å². The van der Waals surface area contributed by atoms with Gasteiger partial charge < -0.3 is 20.1 Å². The second-order valence-corrected chi connectivity index (χ2v) is 8.06. The number of fused-ring (bicyclic) bond motifs is 1. The van der Waals surface area contributed by atoms with Gasteiger partial charge in [0.25, 0.3) is 5.91 Å². The molecule has 152 valence electrons. The number of carbonyl (C=O) groups is 2. The third kappa shape index (κ3) is 4.64. The summed E-state index contributed by atoms with van der Waals surface area (Å²) in [6.07, 6.45) is 5.76. The summed E-state index contributed by atoms with van der Waals surface area (Å²) in [5, 5.41) is 6.03. The standard InChI is InChI=1S/C21H31N5O2/c1-14(2)22-20(27)15-10-11-18-17(12-15)24-19(26(18)4)13-25(3)21(28)23-16-8-6-5-7-9-16/h10-12,14,16H,5-9,13H2,1-4H3,(H,22,27)(H,23,28). The molecule has 0 saturated heterocycles. The lowest BCUT2D eigenvalue weighted by molar-refractivity contribution is 0.0943. The minimum Gasteiger partial charge on any atom is -0.350 e. The number of benzene rings is 1. The first-order valence-corrected chi connectivity index (χ1v) is 10.1. The van der Waals surface area contributed by atoms with Crippen molar-refractivity contribution in [2.75, 3.05) is 7.05 Å². The molecule has 1 aliphatic rings. The summed E-state index contributed by atoms with van der Waals surface area (Å²) in [6, 6.07) is 5.83. The number of hydrogen-bond acceptors (Lipinski definition) is 3. The van der Waals surface area contributed by atoms with Crippen LogP contribution >= 0.6 is 0 Å². The Balaban J connectivity index is 1.70. The van der Waals surface area contributed by atoms with Crippen molar-refractivity contribution in [2.45, 2.75) is 64.6 Å². The third-order valence-electron chi connectivity index (χ3n) is 5.31. The van der Waals surface area contributed by atoms with Crippen LogP contribution in [0.25, 0.3) is 11.0 Å². The highest BCUT2D eigenvalue weighted by molar-refractivity contribution is 5.97. The van der Waals surface area contributed by atoms with Crippen LogP contribution < -0.4 is 10.6 Å². The second kappa shape index (κ2) is 8.63. The van der Waals surface area contributed by atoms with Crippen molar-refractivity contribution in [3.05, 3.63) is 29.6 Å². The van der Waals surface area contributed by atoms with Gasteiger partial charge in [-0.1, -0.05) is 19.3 Å². The predicted molar refractivity (Wildman–Crippen MR) is 110 cm³/mol. The Morgan fingerprint density at radius 2 is 1.96 bits per heavy atom. The van der Waals surface area contributed by atoms with Gasteiger partial charge in [0.1, 0.15) is 5.82 Å². The summed E-state index contributed by atoms with van der Waals surface area (Å²) in [6.45, 7) is 4.28. The lowest BCUT2D eigenvalue weighted by Crippen LogP contribution is -2.43. The summed E-state index contributed by atoms with van der Waals surface area (Å²) < 4.78 is 1.98. The zero-order valence-electron chi connectivity index (χ0n) is 17.3. The maximum atomic E-state index is 12.5. The van der Waals surface area contributed by atoms with Crippen molar-refractivity contribution in [1.82, 2.24) is 25.1 Å². The Morgan fingerprint density at radius 3 is 2.64 bits per heavy atom. The van der Waals surface area contributed by atoms with Gasteiger partial charge in [-0.05, 0) is 44.9 Å². The summed E-state index contributed by atoms with van der Waals surface area (Å²) in [5.74, 6) is 0.686. The second-order valence-electron chi connectivity index (χ2n) is 8.06. The molecule has 0 unspecified atom stereocenters. The van der Waals surface area contributed by atoms with E-state index in [0.29, 0.717) is 12.1 Å². The van der Waals surface area contributed by atoms with E-state index < -0.39 is 0 Å². The van der Waals surface area contributed by atoms with Crippen LogP contribution in [-0.4, -0.2) is 45.5 Å². The summed E-state index contributed by atoms with van der Waals surface area (Å²) in [7, 11) is 3.73. The van der Waals surface area contributed by atoms with Gasteiger partial charge in [0, 0.05) is 31.7 Å². The Bertz CT molecular complexity index is 852. The minimum atomic E-state index is -0.104. The van der Waals surface area contributed by atoms with Crippen LogP contribution in [0, 0.1) is 0 Å². The number of aromatic nitrogens is 2. The first-order valence-electron chi connectivity index (χ1n) is 10.1. The molecule has 7 heteroatoms. The number of nitrogens with one attached hydrogen (secondary N) is 2. The quantitative estimate of drug-likeness (QED) is 0.830. The number of imidazole rings is 1. The molecule has 0 aliphatic heterocycles. The molecule has 7 nitrogen and oxygen atoms in total. The molecule has 1 aromatic carbocycles. The topological polar surface area (TPSA) is 79.3 Å². The van der Waals surface area contributed by atoms with Crippen molar-refractivity contribution >= 4 is 23.0 Å². The van der Waals surface area contributed by atoms with E-state index in [4.69, 9.17) is 0 Å². The number of aryl methyl sites for hydroxylation is 1. The molecule has 1 heterocycles. The number of urea groups is 1. The van der Waals surface area contributed by atoms with E-state index in [9.17, 15) is 9.59 Å². The van der Waals surface area contributed by atoms with Crippen LogP contribution in [0.4, 0.5) is 4.79 Å². The fraction of sp³-hybridized carbons (Fsp3) is 0.571.